The highest BCUT2D eigenvalue weighted by molar-refractivity contribution is 6.18. The van der Waals surface area contributed by atoms with Gasteiger partial charge in [0, 0.05) is 0 Å². The summed E-state index contributed by atoms with van der Waals surface area (Å²) >= 11 is 0. The third kappa shape index (κ3) is 2.06. The summed E-state index contributed by atoms with van der Waals surface area (Å²) in [6.45, 7) is 0. The van der Waals surface area contributed by atoms with Crippen LogP contribution in [0.5, 0.6) is 0 Å². The molecular weight excluding hydrogens is 348 g/mol. The number of aromatic nitrogens is 6. The monoisotopic (exact) mass is 354 g/mol. The lowest BCUT2D eigenvalue weighted by atomic mass is 10.1. The quantitative estimate of drug-likeness (QED) is 0.351. The number of rotatable bonds is 0. The number of hydrogen-bond donors (Lipinski definition) is 3. The highest BCUT2D eigenvalue weighted by Crippen LogP contribution is 2.32. The van der Waals surface area contributed by atoms with E-state index in [1.165, 1.54) is 0 Å². The number of nitrogens with zero attached hydrogens (tertiary/aromatic N) is 9. The van der Waals surface area contributed by atoms with Gasteiger partial charge in [-0.05, 0) is 0 Å². The third-order valence-electron chi connectivity index (χ3n) is 3.76. The summed E-state index contributed by atoms with van der Waals surface area (Å²) in [6, 6.07) is 5.42. The Balaban J connectivity index is 2.40. The van der Waals surface area contributed by atoms with Gasteiger partial charge in [-0.3, -0.25) is 0 Å². The van der Waals surface area contributed by atoms with E-state index in [9.17, 15) is 15.8 Å². The van der Waals surface area contributed by atoms with Gasteiger partial charge in [0.2, 0.25) is 0 Å². The first kappa shape index (κ1) is 15.6. The van der Waals surface area contributed by atoms with Crippen LogP contribution in [-0.4, -0.2) is 29.9 Å². The second kappa shape index (κ2) is 5.31. The molecule has 0 bridgehead atoms. The Morgan fingerprint density at radius 3 is 1.11 bits per heavy atom. The second-order valence-corrected chi connectivity index (χ2v) is 5.30. The van der Waals surface area contributed by atoms with Crippen LogP contribution < -0.4 is 17.2 Å². The van der Waals surface area contributed by atoms with E-state index < -0.39 is 0 Å². The molecule has 0 aliphatic heterocycles. The summed E-state index contributed by atoms with van der Waals surface area (Å²) in [6.07, 6.45) is 0. The van der Waals surface area contributed by atoms with E-state index in [2.05, 4.69) is 29.9 Å². The fourth-order valence-electron chi connectivity index (χ4n) is 2.57. The summed E-state index contributed by atoms with van der Waals surface area (Å²) in [5.74, 6) is -0.220. The van der Waals surface area contributed by atoms with Gasteiger partial charge in [0.15, 0.2) is 34.5 Å². The van der Waals surface area contributed by atoms with Crippen LogP contribution in [0.2, 0.25) is 0 Å². The zero-order valence-electron chi connectivity index (χ0n) is 13.3. The molecule has 1 aromatic carbocycles. The number of fused-ring (bicyclic) bond motifs is 6. The first-order valence-electron chi connectivity index (χ1n) is 7.22. The summed E-state index contributed by atoms with van der Waals surface area (Å²) in [7, 11) is 0. The fourth-order valence-corrected chi connectivity index (χ4v) is 2.57. The molecule has 3 aromatic heterocycles. The van der Waals surface area contributed by atoms with Crippen LogP contribution in [0.25, 0.3) is 33.1 Å². The summed E-state index contributed by atoms with van der Waals surface area (Å²) in [4.78, 5) is 25.0. The molecule has 0 spiro atoms. The van der Waals surface area contributed by atoms with Gasteiger partial charge >= 0.3 is 0 Å². The zero-order valence-corrected chi connectivity index (χ0v) is 13.3. The van der Waals surface area contributed by atoms with Crippen LogP contribution in [0.1, 0.15) is 17.1 Å². The van der Waals surface area contributed by atoms with E-state index in [1.54, 1.807) is 12.1 Å². The Morgan fingerprint density at radius 2 is 0.741 bits per heavy atom. The van der Waals surface area contributed by atoms with Gasteiger partial charge < -0.3 is 17.2 Å². The first-order valence-corrected chi connectivity index (χ1v) is 7.22. The van der Waals surface area contributed by atoms with Gasteiger partial charge in [-0.25, -0.2) is 29.9 Å². The van der Waals surface area contributed by atoms with Crippen molar-refractivity contribution in [3.8, 4) is 18.2 Å². The van der Waals surface area contributed by atoms with E-state index in [4.69, 9.17) is 17.2 Å². The van der Waals surface area contributed by atoms with E-state index in [-0.39, 0.29) is 67.6 Å². The normalized spacial score (nSPS) is 10.6. The van der Waals surface area contributed by atoms with Crippen molar-refractivity contribution in [2.45, 2.75) is 0 Å². The minimum Gasteiger partial charge on any atom is -0.381 e. The molecule has 0 aliphatic carbocycles. The van der Waals surface area contributed by atoms with Gasteiger partial charge in [-0.15, -0.1) is 0 Å². The predicted octanol–water partition coefficient (Wildman–Crippen LogP) is -0.122. The van der Waals surface area contributed by atoms with Crippen LogP contribution in [0, 0.1) is 34.0 Å². The minimum absolute atomic E-state index is 0.0463. The Kier molecular flexibility index (Phi) is 3.07. The van der Waals surface area contributed by atoms with E-state index in [0.29, 0.717) is 0 Å². The van der Waals surface area contributed by atoms with E-state index in [1.807, 2.05) is 6.07 Å². The lowest BCUT2D eigenvalue weighted by Gasteiger charge is -2.10. The molecule has 0 aliphatic rings. The van der Waals surface area contributed by atoms with Crippen molar-refractivity contribution in [1.82, 2.24) is 29.9 Å². The fraction of sp³-hybridized carbons (Fsp3) is 0. The van der Waals surface area contributed by atoms with Crippen LogP contribution >= 0.6 is 0 Å². The average molecular weight is 354 g/mol. The summed E-state index contributed by atoms with van der Waals surface area (Å²) in [5.41, 5.74) is 17.6. The van der Waals surface area contributed by atoms with Crippen LogP contribution in [0.3, 0.4) is 0 Å². The minimum atomic E-state index is -0.209. The number of hydrogen-bond acceptors (Lipinski definition) is 12. The maximum absolute atomic E-state index is 9.24. The van der Waals surface area contributed by atoms with Crippen molar-refractivity contribution < 1.29 is 0 Å². The van der Waals surface area contributed by atoms with Crippen molar-refractivity contribution in [2.24, 2.45) is 0 Å². The van der Waals surface area contributed by atoms with Crippen LogP contribution in [-0.2, 0) is 0 Å². The summed E-state index contributed by atoms with van der Waals surface area (Å²) < 4.78 is 0. The third-order valence-corrected chi connectivity index (χ3v) is 3.76. The Morgan fingerprint density at radius 1 is 0.444 bits per heavy atom. The number of nitrogen functional groups attached to an aromatic ring is 3. The lowest BCUT2D eigenvalue weighted by molar-refractivity contribution is 1.18. The maximum atomic E-state index is 9.24. The number of benzene rings is 1. The van der Waals surface area contributed by atoms with E-state index >= 15 is 0 Å². The molecular formula is C15H6N12. The largest absolute Gasteiger partial charge is 0.381 e. The SMILES string of the molecule is N#Cc1nc2c(nc1N)c1nc(N)c(N)nc1c1nc(C#N)c(C#N)nc21. The average Bonchev–Trinajstić information content (AvgIpc) is 2.68. The molecule has 0 unspecified atom stereocenters. The van der Waals surface area contributed by atoms with Crippen molar-refractivity contribution >= 4 is 50.6 Å². The maximum Gasteiger partial charge on any atom is 0.183 e. The molecule has 0 amide bonds. The Labute approximate surface area is 149 Å². The molecule has 27 heavy (non-hydrogen) atoms. The van der Waals surface area contributed by atoms with Crippen molar-refractivity contribution in [2.75, 3.05) is 17.2 Å². The highest BCUT2D eigenvalue weighted by atomic mass is 15.0. The van der Waals surface area contributed by atoms with Crippen molar-refractivity contribution in [3.05, 3.63) is 17.1 Å². The van der Waals surface area contributed by atoms with E-state index in [0.717, 1.165) is 0 Å². The van der Waals surface area contributed by atoms with Crippen LogP contribution in [0.4, 0.5) is 17.5 Å². The van der Waals surface area contributed by atoms with Crippen molar-refractivity contribution in [3.63, 3.8) is 0 Å². The molecule has 6 N–H and O–H groups in total. The number of nitrogens with two attached hydrogens (primary N) is 3. The molecule has 0 atom stereocenters. The van der Waals surface area contributed by atoms with Crippen molar-refractivity contribution in [1.29, 1.82) is 15.8 Å². The zero-order chi connectivity index (χ0) is 19.3. The predicted molar refractivity (Wildman–Crippen MR) is 93.1 cm³/mol. The van der Waals surface area contributed by atoms with Gasteiger partial charge in [0.25, 0.3) is 0 Å². The molecule has 12 nitrogen and oxygen atoms in total. The lowest BCUT2D eigenvalue weighted by Crippen LogP contribution is -2.07. The molecule has 4 aromatic rings. The molecule has 4 rings (SSSR count). The smallest absolute Gasteiger partial charge is 0.183 e. The molecule has 0 fully saturated rings. The van der Waals surface area contributed by atoms with Gasteiger partial charge in [-0.2, -0.15) is 15.8 Å². The van der Waals surface area contributed by atoms with Gasteiger partial charge in [0.05, 0.1) is 0 Å². The molecule has 12 heteroatoms. The Bertz CT molecular complexity index is 1410. The highest BCUT2D eigenvalue weighted by Gasteiger charge is 2.21. The molecule has 0 saturated carbocycles. The number of anilines is 3. The van der Waals surface area contributed by atoms with Crippen LogP contribution in [0.15, 0.2) is 0 Å². The van der Waals surface area contributed by atoms with Gasteiger partial charge in [-0.1, -0.05) is 0 Å². The first-order chi connectivity index (χ1) is 13.0. The molecule has 0 radical (unpaired) electrons. The standard InChI is InChI=1S/C15H6N12/c16-1-4-5(2-17)23-8-7(22-4)9-10(25-13(19)6(3-18)24-9)12-11(8)26-14(20)15(21)27-12/h(H2,19,25)(H2,20,26)(H2,21,27). The van der Waals surface area contributed by atoms with Gasteiger partial charge in [0.1, 0.15) is 51.3 Å². The topological polar surface area (TPSA) is 227 Å². The summed E-state index contributed by atoms with van der Waals surface area (Å²) in [5, 5.41) is 27.7. The second-order valence-electron chi connectivity index (χ2n) is 5.30. The molecule has 0 saturated heterocycles. The number of nitriles is 3. The molecule has 126 valence electrons. The Hall–Kier alpha value is -4.89. The molecule has 3 heterocycles.